The zero-order chi connectivity index (χ0) is 20.3. The molecule has 1 atom stereocenters. The quantitative estimate of drug-likeness (QED) is 0.711. The van der Waals surface area contributed by atoms with Gasteiger partial charge in [-0.05, 0) is 30.7 Å². The maximum atomic E-state index is 12.8. The van der Waals surface area contributed by atoms with E-state index in [0.29, 0.717) is 57.4 Å². The average Bonchev–Trinajstić information content (AvgIpc) is 3.39. The van der Waals surface area contributed by atoms with Gasteiger partial charge in [-0.1, -0.05) is 17.7 Å². The Kier molecular flexibility index (Phi) is 6.41. The van der Waals surface area contributed by atoms with Crippen LogP contribution in [0.25, 0.3) is 0 Å². The van der Waals surface area contributed by atoms with Crippen LogP contribution in [0, 0.1) is 0 Å². The minimum atomic E-state index is -3.43. The van der Waals surface area contributed by atoms with Gasteiger partial charge in [0.25, 0.3) is 10.2 Å². The highest BCUT2D eigenvalue weighted by atomic mass is 35.5. The Labute approximate surface area is 175 Å². The Morgan fingerprint density at radius 3 is 2.83 bits per heavy atom. The maximum absolute atomic E-state index is 12.8. The molecule has 158 valence electrons. The van der Waals surface area contributed by atoms with E-state index in [4.69, 9.17) is 21.1 Å². The number of hydrogen-bond donors (Lipinski definition) is 1. The molecule has 29 heavy (non-hydrogen) atoms. The van der Waals surface area contributed by atoms with E-state index in [0.717, 1.165) is 23.6 Å². The Morgan fingerprint density at radius 1 is 1.21 bits per heavy atom. The number of H-pyrrole nitrogens is 1. The van der Waals surface area contributed by atoms with Crippen molar-refractivity contribution in [1.82, 2.24) is 18.8 Å². The second-order valence-corrected chi connectivity index (χ2v) is 9.60. The van der Waals surface area contributed by atoms with Crippen molar-refractivity contribution in [1.29, 1.82) is 0 Å². The van der Waals surface area contributed by atoms with Crippen LogP contribution in [0.1, 0.15) is 23.7 Å². The first-order chi connectivity index (χ1) is 14.0. The molecule has 0 saturated carbocycles. The summed E-state index contributed by atoms with van der Waals surface area (Å²) in [5.74, 6) is 0.835. The molecule has 3 heterocycles. The molecule has 1 aromatic carbocycles. The largest absolute Gasteiger partial charge is 0.493 e. The van der Waals surface area contributed by atoms with Gasteiger partial charge in [0.05, 0.1) is 25.5 Å². The number of ether oxygens (including phenoxy) is 2. The third-order valence-electron chi connectivity index (χ3n) is 5.28. The third kappa shape index (κ3) is 4.92. The zero-order valence-electron chi connectivity index (χ0n) is 16.1. The minimum absolute atomic E-state index is 0.102. The molecule has 2 aliphatic rings. The van der Waals surface area contributed by atoms with Crippen LogP contribution in [-0.4, -0.2) is 73.2 Å². The van der Waals surface area contributed by atoms with Gasteiger partial charge in [-0.25, -0.2) is 0 Å². The van der Waals surface area contributed by atoms with Gasteiger partial charge in [-0.3, -0.25) is 5.10 Å². The molecule has 2 fully saturated rings. The molecule has 1 N–H and O–H groups in total. The van der Waals surface area contributed by atoms with Crippen LogP contribution in [0.4, 0.5) is 0 Å². The topological polar surface area (TPSA) is 87.8 Å². The van der Waals surface area contributed by atoms with Crippen molar-refractivity contribution in [2.45, 2.75) is 18.8 Å². The number of rotatable bonds is 7. The molecule has 1 aromatic heterocycles. The fraction of sp³-hybridized carbons (Fsp3) is 0.526. The molecule has 0 bridgehead atoms. The monoisotopic (exact) mass is 440 g/mol. The molecule has 0 aliphatic carbocycles. The van der Waals surface area contributed by atoms with Crippen molar-refractivity contribution in [2.75, 3.05) is 46.0 Å². The van der Waals surface area contributed by atoms with Crippen LogP contribution < -0.4 is 4.74 Å². The lowest BCUT2D eigenvalue weighted by Crippen LogP contribution is -2.47. The van der Waals surface area contributed by atoms with Gasteiger partial charge in [0.2, 0.25) is 0 Å². The van der Waals surface area contributed by atoms with E-state index in [2.05, 4.69) is 10.2 Å². The fourth-order valence-corrected chi connectivity index (χ4v) is 5.49. The lowest BCUT2D eigenvalue weighted by Gasteiger charge is -2.30. The Morgan fingerprint density at radius 2 is 2.03 bits per heavy atom. The van der Waals surface area contributed by atoms with Crippen LogP contribution in [0.3, 0.4) is 0 Å². The van der Waals surface area contributed by atoms with Crippen molar-refractivity contribution in [3.8, 4) is 5.75 Å². The van der Waals surface area contributed by atoms with E-state index in [1.54, 1.807) is 16.4 Å². The van der Waals surface area contributed by atoms with Gasteiger partial charge in [0.1, 0.15) is 5.75 Å². The van der Waals surface area contributed by atoms with Crippen LogP contribution in [-0.2, 0) is 21.4 Å². The molecular formula is C19H25ClN4O4S. The summed E-state index contributed by atoms with van der Waals surface area (Å²) in [5, 5.41) is 8.10. The Balaban J connectivity index is 1.30. The predicted octanol–water partition coefficient (Wildman–Crippen LogP) is 2.05. The van der Waals surface area contributed by atoms with Gasteiger partial charge in [0.15, 0.2) is 0 Å². The predicted molar refractivity (Wildman–Crippen MR) is 109 cm³/mol. The molecular weight excluding hydrogens is 416 g/mol. The molecule has 8 nitrogen and oxygen atoms in total. The smallest absolute Gasteiger partial charge is 0.282 e. The van der Waals surface area contributed by atoms with Crippen LogP contribution >= 0.6 is 11.6 Å². The van der Waals surface area contributed by atoms with Crippen molar-refractivity contribution >= 4 is 21.8 Å². The van der Waals surface area contributed by atoms with E-state index in [1.807, 2.05) is 18.2 Å². The first kappa shape index (κ1) is 20.6. The first-order valence-electron chi connectivity index (χ1n) is 9.78. The van der Waals surface area contributed by atoms with Gasteiger partial charge < -0.3 is 9.47 Å². The second-order valence-electron chi connectivity index (χ2n) is 7.24. The summed E-state index contributed by atoms with van der Waals surface area (Å²) in [4.78, 5) is 0. The summed E-state index contributed by atoms with van der Waals surface area (Å²) in [5.41, 5.74) is 1.87. The second kappa shape index (κ2) is 9.01. The molecule has 0 amide bonds. The highest BCUT2D eigenvalue weighted by Gasteiger charge is 2.37. The molecule has 0 radical (unpaired) electrons. The zero-order valence-corrected chi connectivity index (χ0v) is 17.7. The van der Waals surface area contributed by atoms with E-state index >= 15 is 0 Å². The standard InChI is InChI=1S/C19H25ClN4O4S/c20-16-2-1-3-18(12-16)28-9-5-17-13-19(22-21-17)15-4-6-24(14-15)29(25,26)23-7-10-27-11-8-23/h1-3,12-13,15H,4-11,14H2,(H,21,22)/t15-/m0/s1. The highest BCUT2D eigenvalue weighted by Crippen LogP contribution is 2.29. The van der Waals surface area contributed by atoms with Gasteiger partial charge in [-0.15, -0.1) is 0 Å². The summed E-state index contributed by atoms with van der Waals surface area (Å²) in [6.45, 7) is 3.23. The van der Waals surface area contributed by atoms with Crippen LogP contribution in [0.5, 0.6) is 5.75 Å². The molecule has 10 heteroatoms. The van der Waals surface area contributed by atoms with Crippen molar-refractivity contribution in [3.05, 3.63) is 46.7 Å². The Hall–Kier alpha value is -1.65. The van der Waals surface area contributed by atoms with E-state index in [1.165, 1.54) is 4.31 Å². The van der Waals surface area contributed by atoms with Gasteiger partial charge in [0, 0.05) is 49.2 Å². The number of nitrogens with one attached hydrogen (secondary N) is 1. The molecule has 0 spiro atoms. The van der Waals surface area contributed by atoms with Crippen molar-refractivity contribution in [3.63, 3.8) is 0 Å². The number of aromatic amines is 1. The lowest BCUT2D eigenvalue weighted by molar-refractivity contribution is 0.0705. The van der Waals surface area contributed by atoms with E-state index in [9.17, 15) is 8.42 Å². The molecule has 2 aromatic rings. The summed E-state index contributed by atoms with van der Waals surface area (Å²) in [7, 11) is -3.43. The number of nitrogens with zero attached hydrogens (tertiary/aromatic N) is 3. The third-order valence-corrected chi connectivity index (χ3v) is 7.52. The fourth-order valence-electron chi connectivity index (χ4n) is 3.67. The highest BCUT2D eigenvalue weighted by molar-refractivity contribution is 7.86. The summed E-state index contributed by atoms with van der Waals surface area (Å²) in [6, 6.07) is 9.31. The molecule has 2 aliphatic heterocycles. The summed E-state index contributed by atoms with van der Waals surface area (Å²) >= 11 is 5.96. The van der Waals surface area contributed by atoms with Crippen molar-refractivity contribution < 1.29 is 17.9 Å². The summed E-state index contributed by atoms with van der Waals surface area (Å²) < 4.78 is 39.7. The SMILES string of the molecule is O=S(=O)(N1CCOCC1)N1CC[C@H](c2cc(CCOc3cccc(Cl)c3)[nH]n2)C1. The summed E-state index contributed by atoms with van der Waals surface area (Å²) in [6.07, 6.45) is 1.45. The first-order valence-corrected chi connectivity index (χ1v) is 11.6. The average molecular weight is 441 g/mol. The number of hydrogen-bond acceptors (Lipinski definition) is 5. The number of morpholine rings is 1. The van der Waals surface area contributed by atoms with Gasteiger partial charge in [-0.2, -0.15) is 22.1 Å². The number of aromatic nitrogens is 2. The molecule has 4 rings (SSSR count). The molecule has 2 saturated heterocycles. The van der Waals surface area contributed by atoms with Crippen LogP contribution in [0.15, 0.2) is 30.3 Å². The maximum Gasteiger partial charge on any atom is 0.282 e. The number of benzene rings is 1. The molecule has 0 unspecified atom stereocenters. The number of halogens is 1. The van der Waals surface area contributed by atoms with Gasteiger partial charge >= 0.3 is 0 Å². The van der Waals surface area contributed by atoms with E-state index in [-0.39, 0.29) is 5.92 Å². The lowest BCUT2D eigenvalue weighted by atomic mass is 10.0. The normalized spacial score (nSPS) is 21.5. The Bertz CT molecular complexity index is 930. The minimum Gasteiger partial charge on any atom is -0.493 e. The van der Waals surface area contributed by atoms with Crippen molar-refractivity contribution in [2.24, 2.45) is 0 Å². The van der Waals surface area contributed by atoms with Crippen LogP contribution in [0.2, 0.25) is 5.02 Å². The van der Waals surface area contributed by atoms with E-state index < -0.39 is 10.2 Å².